The summed E-state index contributed by atoms with van der Waals surface area (Å²) in [5.41, 5.74) is 5.25. The van der Waals surface area contributed by atoms with Crippen molar-refractivity contribution in [1.29, 1.82) is 0 Å². The van der Waals surface area contributed by atoms with Crippen LogP contribution < -0.4 is 21.7 Å². The standard InChI is InChI=1S/C24H34N6O4/c1-24(2,3)21(23(34)26-13-18(25)31)28-22(33)20-16-11-7-8-12-17(16)30(29-20)14-19(32)27-15-9-5-4-6-10-15/h7-8,11-12,15,21H,4-6,9-10,13-14H2,1-3H3,(H2,25,31)(H,26,34)(H,27,32)(H,28,33). The molecule has 1 heterocycles. The second-order valence-electron chi connectivity index (χ2n) is 9.88. The summed E-state index contributed by atoms with van der Waals surface area (Å²) in [6.07, 6.45) is 5.38. The molecule has 10 heteroatoms. The number of aromatic nitrogens is 2. The molecule has 1 fully saturated rings. The third kappa shape index (κ3) is 6.33. The van der Waals surface area contributed by atoms with Crippen LogP contribution in [0.25, 0.3) is 10.9 Å². The lowest BCUT2D eigenvalue weighted by Gasteiger charge is -2.30. The Hall–Kier alpha value is -3.43. The van der Waals surface area contributed by atoms with E-state index >= 15 is 0 Å². The molecule has 5 N–H and O–H groups in total. The van der Waals surface area contributed by atoms with Crippen LogP contribution in [0.4, 0.5) is 0 Å². The first-order valence-electron chi connectivity index (χ1n) is 11.7. The number of nitrogens with zero attached hydrogens (tertiary/aromatic N) is 2. The Morgan fingerprint density at radius 1 is 1.12 bits per heavy atom. The van der Waals surface area contributed by atoms with Crippen molar-refractivity contribution in [1.82, 2.24) is 25.7 Å². The quantitative estimate of drug-likeness (QED) is 0.458. The molecule has 0 aliphatic heterocycles. The lowest BCUT2D eigenvalue weighted by atomic mass is 9.86. The maximum absolute atomic E-state index is 13.2. The van der Waals surface area contributed by atoms with Gasteiger partial charge in [-0.05, 0) is 24.3 Å². The Morgan fingerprint density at radius 3 is 2.44 bits per heavy atom. The van der Waals surface area contributed by atoms with Crippen molar-refractivity contribution in [3.63, 3.8) is 0 Å². The van der Waals surface area contributed by atoms with Crippen LogP contribution in [-0.4, -0.2) is 52.0 Å². The number of nitrogens with one attached hydrogen (secondary N) is 3. The van der Waals surface area contributed by atoms with Crippen molar-refractivity contribution in [2.24, 2.45) is 11.1 Å². The van der Waals surface area contributed by atoms with Crippen LogP contribution >= 0.6 is 0 Å². The summed E-state index contributed by atoms with van der Waals surface area (Å²) in [6, 6.07) is 6.40. The van der Waals surface area contributed by atoms with E-state index in [1.54, 1.807) is 39.0 Å². The fraction of sp³-hybridized carbons (Fsp3) is 0.542. The number of rotatable bonds is 8. The molecule has 2 aromatic rings. The van der Waals surface area contributed by atoms with Crippen LogP contribution in [0.3, 0.4) is 0 Å². The molecule has 34 heavy (non-hydrogen) atoms. The van der Waals surface area contributed by atoms with E-state index in [2.05, 4.69) is 21.0 Å². The van der Waals surface area contributed by atoms with Gasteiger partial charge < -0.3 is 21.7 Å². The van der Waals surface area contributed by atoms with Gasteiger partial charge in [-0.1, -0.05) is 58.2 Å². The first-order chi connectivity index (χ1) is 16.1. The third-order valence-electron chi connectivity index (χ3n) is 5.98. The topological polar surface area (TPSA) is 148 Å². The molecule has 184 valence electrons. The van der Waals surface area contributed by atoms with Crippen molar-refractivity contribution in [3.05, 3.63) is 30.0 Å². The first kappa shape index (κ1) is 25.2. The van der Waals surface area contributed by atoms with Crippen LogP contribution in [0.15, 0.2) is 24.3 Å². The second-order valence-corrected chi connectivity index (χ2v) is 9.88. The summed E-state index contributed by atoms with van der Waals surface area (Å²) in [5, 5.41) is 13.3. The molecule has 0 radical (unpaired) electrons. The summed E-state index contributed by atoms with van der Waals surface area (Å²) in [5.74, 6) is -1.89. The lowest BCUT2D eigenvalue weighted by Crippen LogP contribution is -2.54. The van der Waals surface area contributed by atoms with Crippen molar-refractivity contribution in [2.75, 3.05) is 6.54 Å². The summed E-state index contributed by atoms with van der Waals surface area (Å²) in [4.78, 5) is 49.6. The predicted octanol–water partition coefficient (Wildman–Crippen LogP) is 1.23. The molecular weight excluding hydrogens is 436 g/mol. The smallest absolute Gasteiger partial charge is 0.273 e. The molecule has 10 nitrogen and oxygen atoms in total. The average molecular weight is 471 g/mol. The van der Waals surface area contributed by atoms with Crippen molar-refractivity contribution in [3.8, 4) is 0 Å². The molecule has 1 aromatic carbocycles. The van der Waals surface area contributed by atoms with E-state index in [1.165, 1.54) is 11.1 Å². The van der Waals surface area contributed by atoms with Gasteiger partial charge >= 0.3 is 0 Å². The fourth-order valence-corrected chi connectivity index (χ4v) is 4.22. The van der Waals surface area contributed by atoms with Crippen molar-refractivity contribution >= 4 is 34.5 Å². The molecule has 4 amide bonds. The zero-order valence-electron chi connectivity index (χ0n) is 20.0. The van der Waals surface area contributed by atoms with Crippen LogP contribution in [0, 0.1) is 5.41 Å². The van der Waals surface area contributed by atoms with Gasteiger partial charge in [0.2, 0.25) is 17.7 Å². The largest absolute Gasteiger partial charge is 0.368 e. The number of carbonyl (C=O) groups excluding carboxylic acids is 4. The Bertz CT molecular complexity index is 1070. The van der Waals surface area contributed by atoms with Gasteiger partial charge in [-0.25, -0.2) is 0 Å². The molecule has 1 aliphatic carbocycles. The number of carbonyl (C=O) groups is 4. The Labute approximate surface area is 199 Å². The van der Waals surface area contributed by atoms with E-state index < -0.39 is 29.2 Å². The summed E-state index contributed by atoms with van der Waals surface area (Å²) in [6.45, 7) is 5.07. The first-order valence-corrected chi connectivity index (χ1v) is 11.7. The van der Waals surface area contributed by atoms with E-state index in [0.29, 0.717) is 10.9 Å². The average Bonchev–Trinajstić information content (AvgIpc) is 3.14. The van der Waals surface area contributed by atoms with Gasteiger partial charge in [-0.15, -0.1) is 0 Å². The highest BCUT2D eigenvalue weighted by molar-refractivity contribution is 6.06. The highest BCUT2D eigenvalue weighted by atomic mass is 16.2. The van der Waals surface area contributed by atoms with E-state index in [-0.39, 0.29) is 30.7 Å². The highest BCUT2D eigenvalue weighted by Gasteiger charge is 2.34. The van der Waals surface area contributed by atoms with E-state index in [0.717, 1.165) is 25.7 Å². The highest BCUT2D eigenvalue weighted by Crippen LogP contribution is 2.23. The molecule has 1 saturated carbocycles. The summed E-state index contributed by atoms with van der Waals surface area (Å²) >= 11 is 0. The molecule has 3 rings (SSSR count). The number of amides is 4. The van der Waals surface area contributed by atoms with E-state index in [9.17, 15) is 19.2 Å². The van der Waals surface area contributed by atoms with Gasteiger partial charge in [0.05, 0.1) is 12.1 Å². The summed E-state index contributed by atoms with van der Waals surface area (Å²) in [7, 11) is 0. The predicted molar refractivity (Wildman–Crippen MR) is 128 cm³/mol. The minimum Gasteiger partial charge on any atom is -0.368 e. The normalized spacial score (nSPS) is 15.5. The zero-order chi connectivity index (χ0) is 24.9. The number of hydrogen-bond acceptors (Lipinski definition) is 5. The molecule has 1 aliphatic rings. The minimum atomic E-state index is -0.933. The molecule has 1 atom stereocenters. The number of nitrogens with two attached hydrogens (primary N) is 1. The molecule has 1 aromatic heterocycles. The number of benzene rings is 1. The summed E-state index contributed by atoms with van der Waals surface area (Å²) < 4.78 is 1.52. The SMILES string of the molecule is CC(C)(C)C(NC(=O)c1nn(CC(=O)NC2CCCCC2)c2ccccc12)C(=O)NCC(N)=O. The van der Waals surface area contributed by atoms with Crippen LogP contribution in [-0.2, 0) is 20.9 Å². The minimum absolute atomic E-state index is 0.00785. The number of primary amides is 1. The number of fused-ring (bicyclic) bond motifs is 1. The van der Waals surface area contributed by atoms with Crippen molar-refractivity contribution < 1.29 is 19.2 Å². The van der Waals surface area contributed by atoms with Gasteiger partial charge in [0, 0.05) is 11.4 Å². The van der Waals surface area contributed by atoms with Crippen LogP contribution in [0.1, 0.15) is 63.4 Å². The fourth-order valence-electron chi connectivity index (χ4n) is 4.22. The van der Waals surface area contributed by atoms with E-state index in [4.69, 9.17) is 5.73 Å². The molecule has 1 unspecified atom stereocenters. The monoisotopic (exact) mass is 470 g/mol. The molecule has 0 spiro atoms. The third-order valence-corrected chi connectivity index (χ3v) is 5.98. The van der Waals surface area contributed by atoms with Crippen LogP contribution in [0.5, 0.6) is 0 Å². The second kappa shape index (κ2) is 10.7. The van der Waals surface area contributed by atoms with Gasteiger partial charge in [-0.2, -0.15) is 5.10 Å². The Morgan fingerprint density at radius 2 is 1.79 bits per heavy atom. The van der Waals surface area contributed by atoms with Gasteiger partial charge in [-0.3, -0.25) is 23.9 Å². The van der Waals surface area contributed by atoms with Gasteiger partial charge in [0.25, 0.3) is 5.91 Å². The van der Waals surface area contributed by atoms with Gasteiger partial charge in [0.1, 0.15) is 12.6 Å². The van der Waals surface area contributed by atoms with E-state index in [1.807, 2.05) is 6.07 Å². The van der Waals surface area contributed by atoms with Crippen LogP contribution in [0.2, 0.25) is 0 Å². The molecular formula is C24H34N6O4. The Balaban J connectivity index is 1.80. The number of para-hydroxylation sites is 1. The van der Waals surface area contributed by atoms with Crippen molar-refractivity contribution in [2.45, 2.75) is 71.5 Å². The van der Waals surface area contributed by atoms with Gasteiger partial charge in [0.15, 0.2) is 5.69 Å². The maximum Gasteiger partial charge on any atom is 0.273 e. The molecule has 0 bridgehead atoms. The lowest BCUT2D eigenvalue weighted by molar-refractivity contribution is -0.128. The Kier molecular flexibility index (Phi) is 7.90. The zero-order valence-corrected chi connectivity index (χ0v) is 20.0. The molecule has 0 saturated heterocycles. The number of hydrogen-bond donors (Lipinski definition) is 4. The maximum atomic E-state index is 13.2.